The van der Waals surface area contributed by atoms with Crippen molar-refractivity contribution in [3.8, 4) is 5.88 Å². The van der Waals surface area contributed by atoms with Crippen LogP contribution in [0.15, 0.2) is 34.9 Å². The average molecular weight is 399 g/mol. The summed E-state index contributed by atoms with van der Waals surface area (Å²) in [5, 5.41) is 3.91. The summed E-state index contributed by atoms with van der Waals surface area (Å²) in [5.74, 6) is 1.60. The maximum Gasteiger partial charge on any atom is 0.254 e. The van der Waals surface area contributed by atoms with Crippen molar-refractivity contribution in [1.29, 1.82) is 0 Å². The van der Waals surface area contributed by atoms with Gasteiger partial charge < -0.3 is 18.9 Å². The molecule has 0 N–H and O–H groups in total. The summed E-state index contributed by atoms with van der Waals surface area (Å²) >= 11 is 0. The van der Waals surface area contributed by atoms with E-state index in [1.165, 1.54) is 5.56 Å². The second kappa shape index (κ2) is 8.97. The van der Waals surface area contributed by atoms with Crippen molar-refractivity contribution < 1.29 is 18.8 Å². The van der Waals surface area contributed by atoms with Crippen molar-refractivity contribution in [2.75, 3.05) is 44.3 Å². The molecule has 7 nitrogen and oxygen atoms in total. The van der Waals surface area contributed by atoms with E-state index in [2.05, 4.69) is 28.3 Å². The van der Waals surface area contributed by atoms with Gasteiger partial charge in [-0.3, -0.25) is 9.69 Å². The lowest BCUT2D eigenvalue weighted by Crippen LogP contribution is -2.40. The average Bonchev–Trinajstić information content (AvgIpc) is 3.31. The summed E-state index contributed by atoms with van der Waals surface area (Å²) in [5.41, 5.74) is 2.30. The number of rotatable bonds is 7. The van der Waals surface area contributed by atoms with Gasteiger partial charge >= 0.3 is 0 Å². The summed E-state index contributed by atoms with van der Waals surface area (Å²) in [7, 11) is 0. The van der Waals surface area contributed by atoms with Crippen LogP contribution in [0.2, 0.25) is 0 Å². The number of ether oxygens (including phenoxy) is 2. The van der Waals surface area contributed by atoms with Gasteiger partial charge in [0.05, 0.1) is 19.3 Å². The van der Waals surface area contributed by atoms with Crippen LogP contribution < -0.4 is 9.64 Å². The molecule has 4 rings (SSSR count). The Morgan fingerprint density at radius 3 is 2.86 bits per heavy atom. The molecular weight excluding hydrogens is 370 g/mol. The number of hydrogen-bond acceptors (Lipinski definition) is 6. The Kier molecular flexibility index (Phi) is 6.16. The first-order valence-electron chi connectivity index (χ1n) is 10.4. The molecule has 0 bridgehead atoms. The van der Waals surface area contributed by atoms with Crippen LogP contribution in [0, 0.1) is 0 Å². The Bertz CT molecular complexity index is 829. The number of morpholine rings is 1. The molecule has 0 radical (unpaired) electrons. The van der Waals surface area contributed by atoms with Gasteiger partial charge in [-0.2, -0.15) is 0 Å². The largest absolute Gasteiger partial charge is 0.473 e. The van der Waals surface area contributed by atoms with Crippen LogP contribution in [0.3, 0.4) is 0 Å². The van der Waals surface area contributed by atoms with Gasteiger partial charge in [-0.05, 0) is 30.6 Å². The topological polar surface area (TPSA) is 68.0 Å². The SMILES string of the molecule is CC(C)Oc1cc(CCC(=O)N2C[C@@H](CN3CCOCC3)c3ccccc32)on1. The minimum atomic E-state index is 0.0408. The van der Waals surface area contributed by atoms with Gasteiger partial charge in [0.15, 0.2) is 0 Å². The number of para-hydroxylation sites is 1. The van der Waals surface area contributed by atoms with E-state index in [1.54, 1.807) is 6.07 Å². The molecule has 0 spiro atoms. The van der Waals surface area contributed by atoms with Crippen LogP contribution in [0.25, 0.3) is 0 Å². The first-order chi connectivity index (χ1) is 14.1. The van der Waals surface area contributed by atoms with Crippen molar-refractivity contribution in [2.45, 2.75) is 38.7 Å². The number of carbonyl (C=O) groups excluding carboxylic acids is 1. The van der Waals surface area contributed by atoms with Crippen LogP contribution in [-0.4, -0.2) is 61.5 Å². The summed E-state index contributed by atoms with van der Waals surface area (Å²) in [6.07, 6.45) is 0.939. The third-order valence-corrected chi connectivity index (χ3v) is 5.43. The Morgan fingerprint density at radius 2 is 2.07 bits per heavy atom. The predicted molar refractivity (Wildman–Crippen MR) is 109 cm³/mol. The number of aromatic nitrogens is 1. The first kappa shape index (κ1) is 19.9. The number of nitrogens with zero attached hydrogens (tertiary/aromatic N) is 3. The quantitative estimate of drug-likeness (QED) is 0.713. The Balaban J connectivity index is 1.38. The second-order valence-electron chi connectivity index (χ2n) is 7.97. The maximum atomic E-state index is 13.0. The zero-order valence-electron chi connectivity index (χ0n) is 17.2. The molecule has 1 amide bonds. The van der Waals surface area contributed by atoms with E-state index in [9.17, 15) is 4.79 Å². The highest BCUT2D eigenvalue weighted by molar-refractivity contribution is 5.96. The lowest BCUT2D eigenvalue weighted by atomic mass is 10.0. The number of carbonyl (C=O) groups is 1. The summed E-state index contributed by atoms with van der Waals surface area (Å²) in [4.78, 5) is 17.4. The van der Waals surface area contributed by atoms with Crippen LogP contribution in [0.1, 0.15) is 37.5 Å². The third kappa shape index (κ3) is 4.79. The number of aryl methyl sites for hydroxylation is 1. The lowest BCUT2D eigenvalue weighted by Gasteiger charge is -2.29. The van der Waals surface area contributed by atoms with Crippen molar-refractivity contribution >= 4 is 11.6 Å². The Labute approximate surface area is 171 Å². The lowest BCUT2D eigenvalue weighted by molar-refractivity contribution is -0.118. The number of benzene rings is 1. The third-order valence-electron chi connectivity index (χ3n) is 5.43. The summed E-state index contributed by atoms with van der Waals surface area (Å²) in [6.45, 7) is 9.06. The number of fused-ring (bicyclic) bond motifs is 1. The zero-order valence-corrected chi connectivity index (χ0v) is 17.2. The highest BCUT2D eigenvalue weighted by Gasteiger charge is 2.33. The molecule has 0 aliphatic carbocycles. The van der Waals surface area contributed by atoms with Crippen molar-refractivity contribution in [3.63, 3.8) is 0 Å². The number of amides is 1. The van der Waals surface area contributed by atoms with Crippen molar-refractivity contribution in [1.82, 2.24) is 10.1 Å². The van der Waals surface area contributed by atoms with Gasteiger partial charge in [-0.1, -0.05) is 18.2 Å². The highest BCUT2D eigenvalue weighted by atomic mass is 16.5. The molecule has 2 aliphatic rings. The van der Waals surface area contributed by atoms with Crippen LogP contribution in [-0.2, 0) is 16.0 Å². The van der Waals surface area contributed by atoms with Gasteiger partial charge in [-0.25, -0.2) is 0 Å². The van der Waals surface area contributed by atoms with Gasteiger partial charge in [0.2, 0.25) is 5.91 Å². The molecule has 1 aromatic heterocycles. The molecule has 1 fully saturated rings. The number of anilines is 1. The van der Waals surface area contributed by atoms with E-state index in [1.807, 2.05) is 24.8 Å². The highest BCUT2D eigenvalue weighted by Crippen LogP contribution is 2.37. The molecule has 3 heterocycles. The fourth-order valence-electron chi connectivity index (χ4n) is 4.06. The molecule has 2 aromatic rings. The van der Waals surface area contributed by atoms with Gasteiger partial charge in [-0.15, -0.1) is 0 Å². The van der Waals surface area contributed by atoms with E-state index < -0.39 is 0 Å². The van der Waals surface area contributed by atoms with Crippen molar-refractivity contribution in [2.24, 2.45) is 0 Å². The summed E-state index contributed by atoms with van der Waals surface area (Å²) < 4.78 is 16.3. The van der Waals surface area contributed by atoms with E-state index in [-0.39, 0.29) is 12.0 Å². The fraction of sp³-hybridized carbons (Fsp3) is 0.545. The molecule has 156 valence electrons. The first-order valence-corrected chi connectivity index (χ1v) is 10.4. The molecule has 29 heavy (non-hydrogen) atoms. The zero-order chi connectivity index (χ0) is 20.2. The molecule has 1 saturated heterocycles. The van der Waals surface area contributed by atoms with E-state index in [0.29, 0.717) is 30.4 Å². The van der Waals surface area contributed by atoms with Gasteiger partial charge in [0.1, 0.15) is 5.76 Å². The fourth-order valence-corrected chi connectivity index (χ4v) is 4.06. The molecule has 1 aromatic carbocycles. The molecule has 0 saturated carbocycles. The van der Waals surface area contributed by atoms with Crippen LogP contribution in [0.5, 0.6) is 5.88 Å². The standard InChI is InChI=1S/C22H29N3O4/c1-16(2)28-21-13-18(29-23-21)7-8-22(26)25-15-17(14-24-9-11-27-12-10-24)19-5-3-4-6-20(19)25/h3-6,13,16-17H,7-12,14-15H2,1-2H3/t17-/m1/s1. The van der Waals surface area contributed by atoms with E-state index >= 15 is 0 Å². The summed E-state index contributed by atoms with van der Waals surface area (Å²) in [6, 6.07) is 10.0. The molecule has 7 heteroatoms. The normalized spacial score (nSPS) is 19.6. The maximum absolute atomic E-state index is 13.0. The van der Waals surface area contributed by atoms with Crippen molar-refractivity contribution in [3.05, 3.63) is 41.7 Å². The minimum absolute atomic E-state index is 0.0408. The molecule has 2 aliphatic heterocycles. The number of hydrogen-bond donors (Lipinski definition) is 0. The Morgan fingerprint density at radius 1 is 1.28 bits per heavy atom. The Hall–Kier alpha value is -2.38. The second-order valence-corrected chi connectivity index (χ2v) is 7.97. The van der Waals surface area contributed by atoms with Crippen LogP contribution in [0.4, 0.5) is 5.69 Å². The van der Waals surface area contributed by atoms with Crippen LogP contribution >= 0.6 is 0 Å². The van der Waals surface area contributed by atoms with E-state index in [0.717, 1.165) is 45.1 Å². The molecule has 0 unspecified atom stereocenters. The predicted octanol–water partition coefficient (Wildman–Crippen LogP) is 2.86. The molecule has 1 atom stereocenters. The van der Waals surface area contributed by atoms with E-state index in [4.69, 9.17) is 14.0 Å². The monoisotopic (exact) mass is 399 g/mol. The molecular formula is C22H29N3O4. The van der Waals surface area contributed by atoms with Gasteiger partial charge in [0.25, 0.3) is 5.88 Å². The smallest absolute Gasteiger partial charge is 0.254 e. The van der Waals surface area contributed by atoms with Gasteiger partial charge in [0, 0.05) is 56.7 Å². The minimum Gasteiger partial charge on any atom is -0.473 e.